The van der Waals surface area contributed by atoms with Gasteiger partial charge in [-0.15, -0.1) is 0 Å². The number of carbonyl (C=O) groups is 1. The molecule has 0 N–H and O–H groups in total. The van der Waals surface area contributed by atoms with Crippen molar-refractivity contribution in [3.05, 3.63) is 18.5 Å². The largest absolute Gasteiger partial charge is 0.339 e. The zero-order valence-electron chi connectivity index (χ0n) is 8.76. The Morgan fingerprint density at radius 2 is 1.80 bits per heavy atom. The molecular formula is C10H14N4O. The molecule has 80 valence electrons. The number of aromatic nitrogens is 2. The standard InChI is InChI=1S/C10H14N4O/c1-9(15)13-5-7-14(8-6-13)10-11-3-2-4-12-10/h2-4H,5-8H2,1H3. The fourth-order valence-electron chi connectivity index (χ4n) is 1.68. The second-order valence-electron chi connectivity index (χ2n) is 3.54. The molecule has 0 aliphatic carbocycles. The maximum atomic E-state index is 11.1. The first-order valence-corrected chi connectivity index (χ1v) is 5.05. The van der Waals surface area contributed by atoms with E-state index in [4.69, 9.17) is 0 Å². The van der Waals surface area contributed by atoms with Gasteiger partial charge in [0.1, 0.15) is 0 Å². The van der Waals surface area contributed by atoms with Gasteiger partial charge in [-0.05, 0) is 6.07 Å². The van der Waals surface area contributed by atoms with Gasteiger partial charge in [0.15, 0.2) is 0 Å². The summed E-state index contributed by atoms with van der Waals surface area (Å²) in [7, 11) is 0. The molecule has 2 rings (SSSR count). The van der Waals surface area contributed by atoms with E-state index in [1.165, 1.54) is 0 Å². The third-order valence-corrected chi connectivity index (χ3v) is 2.56. The number of nitrogens with zero attached hydrogens (tertiary/aromatic N) is 4. The molecule has 0 atom stereocenters. The summed E-state index contributed by atoms with van der Waals surface area (Å²) >= 11 is 0. The second-order valence-corrected chi connectivity index (χ2v) is 3.54. The average molecular weight is 206 g/mol. The van der Waals surface area contributed by atoms with E-state index < -0.39 is 0 Å². The lowest BCUT2D eigenvalue weighted by atomic mass is 10.3. The van der Waals surface area contributed by atoms with Gasteiger partial charge in [-0.1, -0.05) is 0 Å². The minimum Gasteiger partial charge on any atom is -0.339 e. The van der Waals surface area contributed by atoms with Gasteiger partial charge in [0, 0.05) is 45.5 Å². The Morgan fingerprint density at radius 3 is 2.33 bits per heavy atom. The predicted molar refractivity (Wildman–Crippen MR) is 56.5 cm³/mol. The number of anilines is 1. The van der Waals surface area contributed by atoms with Crippen LogP contribution >= 0.6 is 0 Å². The van der Waals surface area contributed by atoms with E-state index in [2.05, 4.69) is 14.9 Å². The maximum Gasteiger partial charge on any atom is 0.225 e. The molecule has 1 amide bonds. The monoisotopic (exact) mass is 206 g/mol. The number of amides is 1. The molecule has 5 nitrogen and oxygen atoms in total. The van der Waals surface area contributed by atoms with Crippen molar-refractivity contribution in [3.63, 3.8) is 0 Å². The van der Waals surface area contributed by atoms with Crippen LogP contribution in [0.2, 0.25) is 0 Å². The van der Waals surface area contributed by atoms with Crippen LogP contribution in [0, 0.1) is 0 Å². The van der Waals surface area contributed by atoms with E-state index in [1.807, 2.05) is 4.90 Å². The van der Waals surface area contributed by atoms with Gasteiger partial charge in [-0.3, -0.25) is 4.79 Å². The smallest absolute Gasteiger partial charge is 0.225 e. The van der Waals surface area contributed by atoms with Crippen molar-refractivity contribution in [1.82, 2.24) is 14.9 Å². The molecule has 1 fully saturated rings. The minimum absolute atomic E-state index is 0.142. The molecule has 0 aromatic carbocycles. The molecule has 1 saturated heterocycles. The van der Waals surface area contributed by atoms with Crippen molar-refractivity contribution >= 4 is 11.9 Å². The molecule has 15 heavy (non-hydrogen) atoms. The van der Waals surface area contributed by atoms with Gasteiger partial charge in [0.05, 0.1) is 0 Å². The number of carbonyl (C=O) groups excluding carboxylic acids is 1. The Balaban J connectivity index is 1.97. The third kappa shape index (κ3) is 2.23. The highest BCUT2D eigenvalue weighted by Crippen LogP contribution is 2.09. The fraction of sp³-hybridized carbons (Fsp3) is 0.500. The Kier molecular flexibility index (Phi) is 2.80. The number of piperazine rings is 1. The number of hydrogen-bond acceptors (Lipinski definition) is 4. The van der Waals surface area contributed by atoms with Crippen molar-refractivity contribution in [2.24, 2.45) is 0 Å². The molecule has 0 bridgehead atoms. The SMILES string of the molecule is CC(=O)N1CCN(c2ncccn2)CC1. The van der Waals surface area contributed by atoms with Gasteiger partial charge < -0.3 is 9.80 Å². The van der Waals surface area contributed by atoms with Crippen LogP contribution in [-0.4, -0.2) is 47.0 Å². The lowest BCUT2D eigenvalue weighted by Gasteiger charge is -2.34. The first kappa shape index (κ1) is 9.89. The van der Waals surface area contributed by atoms with Crippen LogP contribution in [0.25, 0.3) is 0 Å². The minimum atomic E-state index is 0.142. The van der Waals surface area contributed by atoms with Crippen LogP contribution in [0.3, 0.4) is 0 Å². The van der Waals surface area contributed by atoms with E-state index in [9.17, 15) is 4.79 Å². The number of hydrogen-bond donors (Lipinski definition) is 0. The molecular weight excluding hydrogens is 192 g/mol. The van der Waals surface area contributed by atoms with Crippen molar-refractivity contribution in [2.45, 2.75) is 6.92 Å². The summed E-state index contributed by atoms with van der Waals surface area (Å²) in [4.78, 5) is 23.4. The summed E-state index contributed by atoms with van der Waals surface area (Å²) in [5.74, 6) is 0.893. The highest BCUT2D eigenvalue weighted by atomic mass is 16.2. The third-order valence-electron chi connectivity index (χ3n) is 2.56. The Labute approximate surface area is 88.7 Å². The van der Waals surface area contributed by atoms with E-state index in [1.54, 1.807) is 25.4 Å². The molecule has 1 aliphatic rings. The first-order valence-electron chi connectivity index (χ1n) is 5.05. The van der Waals surface area contributed by atoms with E-state index in [0.29, 0.717) is 0 Å². The van der Waals surface area contributed by atoms with Crippen LogP contribution < -0.4 is 4.90 Å². The highest BCUT2D eigenvalue weighted by molar-refractivity contribution is 5.73. The average Bonchev–Trinajstić information content (AvgIpc) is 2.30. The Hall–Kier alpha value is -1.65. The molecule has 5 heteroatoms. The van der Waals surface area contributed by atoms with Crippen LogP contribution in [0.1, 0.15) is 6.92 Å². The Bertz CT molecular complexity index is 333. The van der Waals surface area contributed by atoms with Crippen LogP contribution in [0.15, 0.2) is 18.5 Å². The van der Waals surface area contributed by atoms with Gasteiger partial charge >= 0.3 is 0 Å². The van der Waals surface area contributed by atoms with Crippen molar-refractivity contribution in [1.29, 1.82) is 0 Å². The van der Waals surface area contributed by atoms with Crippen molar-refractivity contribution < 1.29 is 4.79 Å². The van der Waals surface area contributed by atoms with E-state index in [0.717, 1.165) is 32.1 Å². The van der Waals surface area contributed by atoms with E-state index >= 15 is 0 Å². The molecule has 1 aromatic heterocycles. The molecule has 0 radical (unpaired) electrons. The lowest BCUT2D eigenvalue weighted by Crippen LogP contribution is -2.48. The normalized spacial score (nSPS) is 16.6. The van der Waals surface area contributed by atoms with Gasteiger partial charge in [-0.2, -0.15) is 0 Å². The lowest BCUT2D eigenvalue weighted by molar-refractivity contribution is -0.129. The summed E-state index contributed by atoms with van der Waals surface area (Å²) in [6, 6.07) is 1.80. The highest BCUT2D eigenvalue weighted by Gasteiger charge is 2.19. The quantitative estimate of drug-likeness (QED) is 0.656. The Morgan fingerprint density at radius 1 is 1.20 bits per heavy atom. The molecule has 0 saturated carbocycles. The van der Waals surface area contributed by atoms with Gasteiger partial charge in [-0.25, -0.2) is 9.97 Å². The van der Waals surface area contributed by atoms with Crippen LogP contribution in [-0.2, 0) is 4.79 Å². The predicted octanol–water partition coefficient (Wildman–Crippen LogP) is 0.145. The van der Waals surface area contributed by atoms with Crippen LogP contribution in [0.4, 0.5) is 5.95 Å². The molecule has 1 aliphatic heterocycles. The summed E-state index contributed by atoms with van der Waals surface area (Å²) in [6.07, 6.45) is 3.47. The van der Waals surface area contributed by atoms with Gasteiger partial charge in [0.2, 0.25) is 11.9 Å². The van der Waals surface area contributed by atoms with Crippen molar-refractivity contribution in [3.8, 4) is 0 Å². The first-order chi connectivity index (χ1) is 7.27. The van der Waals surface area contributed by atoms with Gasteiger partial charge in [0.25, 0.3) is 0 Å². The molecule has 2 heterocycles. The second kappa shape index (κ2) is 4.25. The summed E-state index contributed by atoms with van der Waals surface area (Å²) in [5, 5.41) is 0. The summed E-state index contributed by atoms with van der Waals surface area (Å²) in [6.45, 7) is 4.74. The molecule has 1 aromatic rings. The molecule has 0 unspecified atom stereocenters. The summed E-state index contributed by atoms with van der Waals surface area (Å²) in [5.41, 5.74) is 0. The molecule has 0 spiro atoms. The topological polar surface area (TPSA) is 49.3 Å². The summed E-state index contributed by atoms with van der Waals surface area (Å²) < 4.78 is 0. The van der Waals surface area contributed by atoms with Crippen LogP contribution in [0.5, 0.6) is 0 Å². The van der Waals surface area contributed by atoms with E-state index in [-0.39, 0.29) is 5.91 Å². The maximum absolute atomic E-state index is 11.1. The zero-order chi connectivity index (χ0) is 10.7. The van der Waals surface area contributed by atoms with Crippen molar-refractivity contribution in [2.75, 3.05) is 31.1 Å². The number of rotatable bonds is 1. The zero-order valence-corrected chi connectivity index (χ0v) is 8.76. The fourth-order valence-corrected chi connectivity index (χ4v) is 1.68.